The van der Waals surface area contributed by atoms with Crippen LogP contribution in [0, 0.1) is 0 Å². The molecule has 0 saturated carbocycles. The van der Waals surface area contributed by atoms with Gasteiger partial charge in [-0.3, -0.25) is 0 Å². The van der Waals surface area contributed by atoms with E-state index < -0.39 is 0 Å². The highest BCUT2D eigenvalue weighted by Crippen LogP contribution is 2.29. The lowest BCUT2D eigenvalue weighted by atomic mass is 10.3. The van der Waals surface area contributed by atoms with E-state index in [1.165, 1.54) is 16.2 Å². The normalized spacial score (nSPS) is 12.9. The molecule has 0 bridgehead atoms. The average Bonchev–Trinajstić information content (AvgIpc) is 2.91. The van der Waals surface area contributed by atoms with Gasteiger partial charge in [0.15, 0.2) is 0 Å². The Hall–Kier alpha value is -0.390. The summed E-state index contributed by atoms with van der Waals surface area (Å²) >= 11 is 9.09. The van der Waals surface area contributed by atoms with E-state index in [0.29, 0.717) is 13.2 Å². The first-order chi connectivity index (χ1) is 7.79. The molecule has 16 heavy (non-hydrogen) atoms. The first-order valence-corrected chi connectivity index (χ1v) is 6.96. The number of nitrogens with two attached hydrogens (primary N) is 1. The third-order valence-corrected chi connectivity index (χ3v) is 4.31. The fourth-order valence-corrected chi connectivity index (χ4v) is 3.09. The molecule has 1 atom stereocenters. The van der Waals surface area contributed by atoms with Crippen molar-refractivity contribution in [2.45, 2.75) is 12.7 Å². The maximum absolute atomic E-state index is 5.89. The SMILES string of the molecule is NCC(OCc1cccs1)c1ccc(Cl)s1. The fourth-order valence-electron chi connectivity index (χ4n) is 1.35. The number of hydrogen-bond donors (Lipinski definition) is 1. The third-order valence-electron chi connectivity index (χ3n) is 2.13. The average molecular weight is 274 g/mol. The number of thiophene rings is 2. The van der Waals surface area contributed by atoms with Gasteiger partial charge in [-0.05, 0) is 23.6 Å². The minimum Gasteiger partial charge on any atom is -0.366 e. The molecule has 0 amide bonds. The fraction of sp³-hybridized carbons (Fsp3) is 0.273. The molecule has 0 spiro atoms. The lowest BCUT2D eigenvalue weighted by Gasteiger charge is -2.13. The first kappa shape index (κ1) is 12.1. The molecule has 5 heteroatoms. The van der Waals surface area contributed by atoms with Crippen molar-refractivity contribution >= 4 is 34.3 Å². The van der Waals surface area contributed by atoms with E-state index in [4.69, 9.17) is 22.1 Å². The van der Waals surface area contributed by atoms with Gasteiger partial charge in [0.25, 0.3) is 0 Å². The largest absolute Gasteiger partial charge is 0.366 e. The molecule has 0 fully saturated rings. The molecule has 2 aromatic heterocycles. The molecule has 86 valence electrons. The quantitative estimate of drug-likeness (QED) is 0.902. The van der Waals surface area contributed by atoms with Gasteiger partial charge in [-0.15, -0.1) is 22.7 Å². The van der Waals surface area contributed by atoms with E-state index in [0.717, 1.165) is 9.21 Å². The van der Waals surface area contributed by atoms with Crippen LogP contribution in [0.4, 0.5) is 0 Å². The first-order valence-electron chi connectivity index (χ1n) is 4.89. The van der Waals surface area contributed by atoms with E-state index in [1.54, 1.807) is 11.3 Å². The Morgan fingerprint density at radius 3 is 2.81 bits per heavy atom. The number of rotatable bonds is 5. The van der Waals surface area contributed by atoms with E-state index >= 15 is 0 Å². The van der Waals surface area contributed by atoms with Crippen molar-refractivity contribution in [2.24, 2.45) is 5.73 Å². The van der Waals surface area contributed by atoms with Gasteiger partial charge in [0, 0.05) is 16.3 Å². The summed E-state index contributed by atoms with van der Waals surface area (Å²) in [6.45, 7) is 1.08. The topological polar surface area (TPSA) is 35.2 Å². The molecule has 0 aliphatic rings. The minimum absolute atomic E-state index is 0.0559. The maximum Gasteiger partial charge on any atom is 0.104 e. The van der Waals surface area contributed by atoms with Crippen LogP contribution >= 0.6 is 34.3 Å². The Kier molecular flexibility index (Phi) is 4.37. The Balaban J connectivity index is 1.96. The van der Waals surface area contributed by atoms with Gasteiger partial charge < -0.3 is 10.5 Å². The predicted molar refractivity (Wildman–Crippen MR) is 70.2 cm³/mol. The zero-order chi connectivity index (χ0) is 11.4. The van der Waals surface area contributed by atoms with Crippen molar-refractivity contribution in [1.29, 1.82) is 0 Å². The molecule has 0 saturated heterocycles. The van der Waals surface area contributed by atoms with Gasteiger partial charge in [0.1, 0.15) is 6.10 Å². The van der Waals surface area contributed by atoms with Crippen LogP contribution in [0.2, 0.25) is 4.34 Å². The van der Waals surface area contributed by atoms with Crippen LogP contribution < -0.4 is 5.73 Å². The van der Waals surface area contributed by atoms with Crippen molar-refractivity contribution in [3.05, 3.63) is 43.7 Å². The summed E-state index contributed by atoms with van der Waals surface area (Å²) < 4.78 is 6.54. The molecule has 0 aliphatic heterocycles. The van der Waals surface area contributed by atoms with Crippen LogP contribution in [0.5, 0.6) is 0 Å². The number of ether oxygens (including phenoxy) is 1. The van der Waals surface area contributed by atoms with Gasteiger partial charge in [-0.1, -0.05) is 17.7 Å². The lowest BCUT2D eigenvalue weighted by molar-refractivity contribution is 0.0496. The number of halogens is 1. The Labute approximate surface area is 108 Å². The molecular formula is C11H12ClNOS2. The molecule has 2 rings (SSSR count). The minimum atomic E-state index is -0.0559. The van der Waals surface area contributed by atoms with Crippen LogP contribution in [0.3, 0.4) is 0 Å². The van der Waals surface area contributed by atoms with Gasteiger partial charge in [0.05, 0.1) is 10.9 Å². The highest BCUT2D eigenvalue weighted by molar-refractivity contribution is 7.16. The van der Waals surface area contributed by atoms with E-state index in [9.17, 15) is 0 Å². The molecule has 2 nitrogen and oxygen atoms in total. The van der Waals surface area contributed by atoms with Gasteiger partial charge in [-0.25, -0.2) is 0 Å². The highest BCUT2D eigenvalue weighted by atomic mass is 35.5. The molecule has 2 aromatic rings. The van der Waals surface area contributed by atoms with Crippen molar-refractivity contribution in [2.75, 3.05) is 6.54 Å². The summed E-state index contributed by atoms with van der Waals surface area (Å²) in [7, 11) is 0. The summed E-state index contributed by atoms with van der Waals surface area (Å²) in [5, 5.41) is 2.04. The zero-order valence-corrected chi connectivity index (χ0v) is 10.9. The van der Waals surface area contributed by atoms with Crippen molar-refractivity contribution in [3.63, 3.8) is 0 Å². The summed E-state index contributed by atoms with van der Waals surface area (Å²) in [5.41, 5.74) is 5.70. The summed E-state index contributed by atoms with van der Waals surface area (Å²) in [4.78, 5) is 2.30. The zero-order valence-electron chi connectivity index (χ0n) is 8.56. The van der Waals surface area contributed by atoms with E-state index in [2.05, 4.69) is 6.07 Å². The van der Waals surface area contributed by atoms with Gasteiger partial charge in [0.2, 0.25) is 0 Å². The van der Waals surface area contributed by atoms with Crippen LogP contribution in [-0.4, -0.2) is 6.54 Å². The third kappa shape index (κ3) is 3.06. The predicted octanol–water partition coefficient (Wildman–Crippen LogP) is 3.68. The Morgan fingerprint density at radius 1 is 1.38 bits per heavy atom. The molecule has 2 heterocycles. The summed E-state index contributed by atoms with van der Waals surface area (Å²) in [6, 6.07) is 7.92. The highest BCUT2D eigenvalue weighted by Gasteiger charge is 2.12. The Morgan fingerprint density at radius 2 is 2.25 bits per heavy atom. The van der Waals surface area contributed by atoms with Gasteiger partial charge in [-0.2, -0.15) is 0 Å². The van der Waals surface area contributed by atoms with Gasteiger partial charge >= 0.3 is 0 Å². The molecule has 0 aliphatic carbocycles. The second-order valence-corrected chi connectivity index (χ2v) is 6.04. The summed E-state index contributed by atoms with van der Waals surface area (Å²) in [5.74, 6) is 0. The van der Waals surface area contributed by atoms with Crippen molar-refractivity contribution in [3.8, 4) is 0 Å². The molecule has 1 unspecified atom stereocenters. The maximum atomic E-state index is 5.89. The molecule has 0 radical (unpaired) electrons. The van der Waals surface area contributed by atoms with Crippen LogP contribution in [0.25, 0.3) is 0 Å². The summed E-state index contributed by atoms with van der Waals surface area (Å²) in [6.07, 6.45) is -0.0559. The van der Waals surface area contributed by atoms with Crippen molar-refractivity contribution < 1.29 is 4.74 Å². The van der Waals surface area contributed by atoms with Crippen LogP contribution in [-0.2, 0) is 11.3 Å². The molecule has 0 aromatic carbocycles. The lowest BCUT2D eigenvalue weighted by Crippen LogP contribution is -2.14. The monoisotopic (exact) mass is 273 g/mol. The van der Waals surface area contributed by atoms with Crippen LogP contribution in [0.1, 0.15) is 15.9 Å². The number of hydrogen-bond acceptors (Lipinski definition) is 4. The Bertz CT molecular complexity index is 427. The standard InChI is InChI=1S/C11H12ClNOS2/c12-11-4-3-10(16-11)9(6-13)14-7-8-2-1-5-15-8/h1-5,9H,6-7,13H2. The van der Waals surface area contributed by atoms with Crippen LogP contribution in [0.15, 0.2) is 29.6 Å². The van der Waals surface area contributed by atoms with E-state index in [-0.39, 0.29) is 6.10 Å². The molecular weight excluding hydrogens is 262 g/mol. The van der Waals surface area contributed by atoms with Crippen molar-refractivity contribution in [1.82, 2.24) is 0 Å². The second-order valence-electron chi connectivity index (χ2n) is 3.26. The smallest absolute Gasteiger partial charge is 0.104 e. The molecule has 2 N–H and O–H groups in total. The van der Waals surface area contributed by atoms with E-state index in [1.807, 2.05) is 23.6 Å². The second kappa shape index (κ2) is 5.80.